The Morgan fingerprint density at radius 1 is 1.44 bits per heavy atom. The van der Waals surface area contributed by atoms with Gasteiger partial charge in [0.05, 0.1) is 6.04 Å². The van der Waals surface area contributed by atoms with Crippen LogP contribution in [0.3, 0.4) is 0 Å². The predicted molar refractivity (Wildman–Crippen MR) is 85.6 cm³/mol. The molecule has 0 amide bonds. The van der Waals surface area contributed by atoms with Crippen molar-refractivity contribution in [1.82, 2.24) is 0 Å². The fourth-order valence-corrected chi connectivity index (χ4v) is 3.12. The van der Waals surface area contributed by atoms with Gasteiger partial charge in [0, 0.05) is 15.9 Å². The molecule has 1 aromatic carbocycles. The van der Waals surface area contributed by atoms with Crippen molar-refractivity contribution in [1.29, 1.82) is 0 Å². The van der Waals surface area contributed by atoms with Gasteiger partial charge < -0.3 is 5.32 Å². The molecule has 0 radical (unpaired) electrons. The van der Waals surface area contributed by atoms with E-state index in [-0.39, 0.29) is 0 Å². The van der Waals surface area contributed by atoms with Crippen molar-refractivity contribution in [2.24, 2.45) is 10.9 Å². The number of benzene rings is 1. The molecule has 98 valence electrons. The van der Waals surface area contributed by atoms with Gasteiger partial charge in [0.25, 0.3) is 0 Å². The Bertz CT molecular complexity index is 457. The molecule has 0 saturated heterocycles. The lowest BCUT2D eigenvalue weighted by Gasteiger charge is -2.23. The zero-order valence-electron chi connectivity index (χ0n) is 11.0. The van der Waals surface area contributed by atoms with Crippen LogP contribution in [0.1, 0.15) is 25.8 Å². The number of hydrogen-bond donors (Lipinski definition) is 1. The topological polar surface area (TPSA) is 24.4 Å². The van der Waals surface area contributed by atoms with E-state index >= 15 is 0 Å². The van der Waals surface area contributed by atoms with Gasteiger partial charge in [-0.05, 0) is 43.0 Å². The van der Waals surface area contributed by atoms with Gasteiger partial charge in [-0.3, -0.25) is 4.99 Å². The predicted octanol–water partition coefficient (Wildman–Crippen LogP) is 4.69. The van der Waals surface area contributed by atoms with Gasteiger partial charge in [0.1, 0.15) is 0 Å². The molecule has 2 nitrogen and oxygen atoms in total. The second-order valence-electron chi connectivity index (χ2n) is 4.97. The van der Waals surface area contributed by atoms with Gasteiger partial charge in [-0.2, -0.15) is 0 Å². The molecule has 2 rings (SSSR count). The minimum Gasteiger partial charge on any atom is -0.335 e. The number of nitrogens with one attached hydrogen (secondary N) is 1. The summed E-state index contributed by atoms with van der Waals surface area (Å²) in [6, 6.07) is 6.77. The number of thioether (sulfide) groups is 1. The van der Waals surface area contributed by atoms with E-state index in [4.69, 9.17) is 4.99 Å². The van der Waals surface area contributed by atoms with E-state index in [1.54, 1.807) is 0 Å². The van der Waals surface area contributed by atoms with Crippen molar-refractivity contribution in [3.05, 3.63) is 28.2 Å². The minimum absolute atomic E-state index is 0.463. The number of rotatable bonds is 2. The first-order chi connectivity index (χ1) is 8.56. The number of anilines is 1. The monoisotopic (exact) mass is 326 g/mol. The van der Waals surface area contributed by atoms with Crippen LogP contribution >= 0.6 is 27.7 Å². The third-order valence-corrected chi connectivity index (χ3v) is 4.92. The summed E-state index contributed by atoms with van der Waals surface area (Å²) in [5, 5.41) is 4.48. The van der Waals surface area contributed by atoms with E-state index in [0.717, 1.165) is 21.1 Å². The molecule has 1 aromatic rings. The van der Waals surface area contributed by atoms with Gasteiger partial charge in [0.15, 0.2) is 5.17 Å². The average Bonchev–Trinajstić information content (AvgIpc) is 2.34. The molecule has 1 heterocycles. The van der Waals surface area contributed by atoms with Crippen LogP contribution in [0.2, 0.25) is 0 Å². The van der Waals surface area contributed by atoms with Crippen LogP contribution in [-0.2, 0) is 0 Å². The van der Waals surface area contributed by atoms with E-state index in [1.165, 1.54) is 12.0 Å². The van der Waals surface area contributed by atoms with E-state index < -0.39 is 0 Å². The zero-order valence-corrected chi connectivity index (χ0v) is 13.4. The third kappa shape index (κ3) is 3.51. The molecule has 0 saturated carbocycles. The van der Waals surface area contributed by atoms with Crippen molar-refractivity contribution < 1.29 is 0 Å². The van der Waals surface area contributed by atoms with Gasteiger partial charge in [-0.25, -0.2) is 0 Å². The normalized spacial score (nSPS) is 19.8. The maximum Gasteiger partial charge on any atom is 0.161 e. The first kappa shape index (κ1) is 13.9. The maximum absolute atomic E-state index is 4.79. The Hall–Kier alpha value is -0.480. The summed E-state index contributed by atoms with van der Waals surface area (Å²) >= 11 is 5.34. The van der Waals surface area contributed by atoms with Crippen LogP contribution in [0.5, 0.6) is 0 Å². The van der Waals surface area contributed by atoms with Crippen LogP contribution in [0.15, 0.2) is 27.7 Å². The van der Waals surface area contributed by atoms with Gasteiger partial charge in [-0.15, -0.1) is 0 Å². The number of halogens is 1. The Morgan fingerprint density at radius 3 is 2.89 bits per heavy atom. The van der Waals surface area contributed by atoms with E-state index in [0.29, 0.717) is 12.0 Å². The summed E-state index contributed by atoms with van der Waals surface area (Å²) in [7, 11) is 0. The van der Waals surface area contributed by atoms with Crippen molar-refractivity contribution in [3.63, 3.8) is 0 Å². The molecule has 1 aliphatic rings. The molecule has 0 spiro atoms. The third-order valence-electron chi connectivity index (χ3n) is 3.11. The molecule has 1 unspecified atom stereocenters. The Morgan fingerprint density at radius 2 is 2.22 bits per heavy atom. The molecule has 18 heavy (non-hydrogen) atoms. The van der Waals surface area contributed by atoms with Crippen LogP contribution in [0, 0.1) is 12.8 Å². The van der Waals surface area contributed by atoms with Crippen molar-refractivity contribution in [2.75, 3.05) is 11.1 Å². The van der Waals surface area contributed by atoms with Crippen LogP contribution in [0.4, 0.5) is 5.69 Å². The Kier molecular flexibility index (Phi) is 4.73. The summed E-state index contributed by atoms with van der Waals surface area (Å²) in [6.45, 7) is 6.58. The lowest BCUT2D eigenvalue weighted by Crippen LogP contribution is -2.23. The molecule has 0 aromatic heterocycles. The molecule has 1 atom stereocenters. The lowest BCUT2D eigenvalue weighted by molar-refractivity contribution is 0.485. The summed E-state index contributed by atoms with van der Waals surface area (Å²) < 4.78 is 1.14. The maximum atomic E-state index is 4.79. The molecule has 0 bridgehead atoms. The van der Waals surface area contributed by atoms with Gasteiger partial charge >= 0.3 is 0 Å². The van der Waals surface area contributed by atoms with Gasteiger partial charge in [-0.1, -0.05) is 41.5 Å². The largest absolute Gasteiger partial charge is 0.335 e. The molecule has 1 N–H and O–H groups in total. The number of nitrogens with zero attached hydrogens (tertiary/aromatic N) is 1. The fraction of sp³-hybridized carbons (Fsp3) is 0.500. The Balaban J connectivity index is 2.10. The average molecular weight is 327 g/mol. The van der Waals surface area contributed by atoms with E-state index in [2.05, 4.69) is 60.2 Å². The summed E-state index contributed by atoms with van der Waals surface area (Å²) in [5.74, 6) is 1.78. The molecule has 4 heteroatoms. The lowest BCUT2D eigenvalue weighted by atomic mass is 10.0. The van der Waals surface area contributed by atoms with E-state index in [9.17, 15) is 0 Å². The highest BCUT2D eigenvalue weighted by Crippen LogP contribution is 2.25. The number of hydrogen-bond acceptors (Lipinski definition) is 3. The van der Waals surface area contributed by atoms with Crippen LogP contribution in [0.25, 0.3) is 0 Å². The number of aliphatic imine (C=N–C) groups is 1. The quantitative estimate of drug-likeness (QED) is 0.852. The molecule has 1 aliphatic heterocycles. The van der Waals surface area contributed by atoms with Crippen molar-refractivity contribution in [3.8, 4) is 0 Å². The summed E-state index contributed by atoms with van der Waals surface area (Å²) in [4.78, 5) is 4.79. The summed E-state index contributed by atoms with van der Waals surface area (Å²) in [5.41, 5.74) is 2.35. The second kappa shape index (κ2) is 6.11. The highest BCUT2D eigenvalue weighted by Gasteiger charge is 2.18. The minimum atomic E-state index is 0.463. The summed E-state index contributed by atoms with van der Waals surface area (Å²) in [6.07, 6.45) is 1.19. The van der Waals surface area contributed by atoms with Crippen molar-refractivity contribution in [2.45, 2.75) is 33.2 Å². The molecular weight excluding hydrogens is 308 g/mol. The molecule has 0 aliphatic carbocycles. The number of amidine groups is 1. The zero-order chi connectivity index (χ0) is 13.1. The van der Waals surface area contributed by atoms with Crippen LogP contribution < -0.4 is 5.32 Å². The first-order valence-electron chi connectivity index (χ1n) is 6.30. The highest BCUT2D eigenvalue weighted by molar-refractivity contribution is 9.10. The molecular formula is C14H19BrN2S. The highest BCUT2D eigenvalue weighted by atomic mass is 79.9. The SMILES string of the molecule is Cc1cc(NC2=NC(C(C)C)CCS2)ccc1Br. The Labute approximate surface area is 122 Å². The standard InChI is InChI=1S/C14H19BrN2S/c1-9(2)13-6-7-18-14(17-13)16-11-4-5-12(15)10(3)8-11/h4-5,8-9,13H,6-7H2,1-3H3,(H,16,17). The fourth-order valence-electron chi connectivity index (χ4n) is 1.93. The number of aryl methyl sites for hydroxylation is 1. The van der Waals surface area contributed by atoms with E-state index in [1.807, 2.05) is 11.8 Å². The van der Waals surface area contributed by atoms with Gasteiger partial charge in [0.2, 0.25) is 0 Å². The first-order valence-corrected chi connectivity index (χ1v) is 8.08. The second-order valence-corrected chi connectivity index (χ2v) is 6.91. The molecule has 0 fully saturated rings. The van der Waals surface area contributed by atoms with Crippen molar-refractivity contribution >= 4 is 38.5 Å². The smallest absolute Gasteiger partial charge is 0.161 e. The van der Waals surface area contributed by atoms with Crippen LogP contribution in [-0.4, -0.2) is 17.0 Å².